The van der Waals surface area contributed by atoms with Gasteiger partial charge in [-0.2, -0.15) is 0 Å². The first-order chi connectivity index (χ1) is 8.61. The van der Waals surface area contributed by atoms with Crippen LogP contribution in [0.1, 0.15) is 12.0 Å². The highest BCUT2D eigenvalue weighted by Crippen LogP contribution is 2.26. The molecule has 1 aliphatic rings. The van der Waals surface area contributed by atoms with Crippen LogP contribution in [-0.2, 0) is 0 Å². The summed E-state index contributed by atoms with van der Waals surface area (Å²) in [5.74, 6) is 0. The second kappa shape index (κ2) is 5.91. The van der Waals surface area contributed by atoms with E-state index in [1.807, 2.05) is 13.0 Å². The van der Waals surface area contributed by atoms with Crippen molar-refractivity contribution in [3.05, 3.63) is 28.8 Å². The van der Waals surface area contributed by atoms with Crippen LogP contribution in [0.15, 0.2) is 18.2 Å². The van der Waals surface area contributed by atoms with Crippen molar-refractivity contribution in [2.45, 2.75) is 19.4 Å². The number of nitrogens with zero attached hydrogens (tertiary/aromatic N) is 2. The van der Waals surface area contributed by atoms with E-state index in [0.717, 1.165) is 42.3 Å². The Hall–Kier alpha value is -0.770. The van der Waals surface area contributed by atoms with Crippen LogP contribution >= 0.6 is 11.6 Å². The molecule has 1 heterocycles. The van der Waals surface area contributed by atoms with Gasteiger partial charge in [0.1, 0.15) is 0 Å². The van der Waals surface area contributed by atoms with E-state index in [1.54, 1.807) is 0 Å². The number of aryl methyl sites for hydroxylation is 1. The predicted molar refractivity (Wildman–Crippen MR) is 76.5 cm³/mol. The number of anilines is 1. The van der Waals surface area contributed by atoms with Gasteiger partial charge in [-0.1, -0.05) is 17.7 Å². The third-order valence-electron chi connectivity index (χ3n) is 3.64. The molecule has 0 amide bonds. The van der Waals surface area contributed by atoms with Crippen LogP contribution in [0.4, 0.5) is 5.69 Å². The Labute approximate surface area is 114 Å². The van der Waals surface area contributed by atoms with Crippen molar-refractivity contribution in [2.75, 3.05) is 38.2 Å². The molecule has 0 aromatic heterocycles. The summed E-state index contributed by atoms with van der Waals surface area (Å²) in [6.45, 7) is 5.27. The molecule has 0 aliphatic carbocycles. The van der Waals surface area contributed by atoms with Gasteiger partial charge in [0.15, 0.2) is 0 Å². The van der Waals surface area contributed by atoms with Crippen molar-refractivity contribution < 1.29 is 5.11 Å². The fraction of sp³-hybridized carbons (Fsp3) is 0.571. The summed E-state index contributed by atoms with van der Waals surface area (Å²) in [4.78, 5) is 4.67. The fourth-order valence-corrected chi connectivity index (χ4v) is 2.68. The summed E-state index contributed by atoms with van der Waals surface area (Å²) < 4.78 is 0. The zero-order valence-electron chi connectivity index (χ0n) is 11.1. The molecule has 1 aromatic rings. The van der Waals surface area contributed by atoms with E-state index >= 15 is 0 Å². The zero-order valence-corrected chi connectivity index (χ0v) is 11.8. The van der Waals surface area contributed by atoms with Crippen molar-refractivity contribution in [3.8, 4) is 0 Å². The van der Waals surface area contributed by atoms with Gasteiger partial charge in [-0.3, -0.25) is 0 Å². The normalized spacial score (nSPS) is 21.3. The molecule has 1 aliphatic heterocycles. The molecule has 100 valence electrons. The second-order valence-electron chi connectivity index (χ2n) is 5.06. The van der Waals surface area contributed by atoms with E-state index in [9.17, 15) is 5.11 Å². The highest BCUT2D eigenvalue weighted by molar-refractivity contribution is 6.31. The monoisotopic (exact) mass is 268 g/mol. The van der Waals surface area contributed by atoms with Crippen molar-refractivity contribution in [1.82, 2.24) is 4.90 Å². The molecule has 4 heteroatoms. The number of likely N-dealkylation sites (N-methyl/N-ethyl adjacent to an activating group) is 1. The lowest BCUT2D eigenvalue weighted by molar-refractivity contribution is 0.219. The van der Waals surface area contributed by atoms with Crippen molar-refractivity contribution in [1.29, 1.82) is 0 Å². The van der Waals surface area contributed by atoms with Crippen LogP contribution in [0, 0.1) is 6.92 Å². The first-order valence-electron chi connectivity index (χ1n) is 6.44. The Morgan fingerprint density at radius 2 is 2.17 bits per heavy atom. The van der Waals surface area contributed by atoms with Crippen molar-refractivity contribution in [3.63, 3.8) is 0 Å². The molecule has 0 bridgehead atoms. The van der Waals surface area contributed by atoms with Crippen LogP contribution < -0.4 is 4.90 Å². The van der Waals surface area contributed by atoms with Crippen LogP contribution in [0.25, 0.3) is 0 Å². The summed E-state index contributed by atoms with van der Waals surface area (Å²) >= 11 is 6.20. The van der Waals surface area contributed by atoms with Gasteiger partial charge in [0.05, 0.1) is 0 Å². The van der Waals surface area contributed by atoms with Crippen LogP contribution in [-0.4, -0.2) is 49.3 Å². The van der Waals surface area contributed by atoms with E-state index in [1.165, 1.54) is 0 Å². The molecule has 0 spiro atoms. The van der Waals surface area contributed by atoms with Gasteiger partial charge in [-0.15, -0.1) is 0 Å². The number of piperazine rings is 1. The number of halogens is 1. The Morgan fingerprint density at radius 1 is 1.39 bits per heavy atom. The van der Waals surface area contributed by atoms with E-state index in [4.69, 9.17) is 11.6 Å². The number of aliphatic hydroxyl groups is 1. The second-order valence-corrected chi connectivity index (χ2v) is 5.46. The summed E-state index contributed by atoms with van der Waals surface area (Å²) in [7, 11) is 2.13. The number of hydrogen-bond donors (Lipinski definition) is 1. The summed E-state index contributed by atoms with van der Waals surface area (Å²) in [5.41, 5.74) is 2.27. The van der Waals surface area contributed by atoms with Gasteiger partial charge >= 0.3 is 0 Å². The summed E-state index contributed by atoms with van der Waals surface area (Å²) in [6, 6.07) is 6.59. The smallest absolute Gasteiger partial charge is 0.0455 e. The lowest BCUT2D eigenvalue weighted by Crippen LogP contribution is -2.52. The minimum atomic E-state index is 0.231. The van der Waals surface area contributed by atoms with Crippen LogP contribution in [0.3, 0.4) is 0 Å². The Morgan fingerprint density at radius 3 is 2.83 bits per heavy atom. The van der Waals surface area contributed by atoms with Gasteiger partial charge in [-0.25, -0.2) is 0 Å². The molecular formula is C14H21ClN2O. The number of rotatable bonds is 3. The number of benzene rings is 1. The number of aliphatic hydroxyl groups excluding tert-OH is 1. The molecule has 1 fully saturated rings. The van der Waals surface area contributed by atoms with Crippen LogP contribution in [0.5, 0.6) is 0 Å². The third-order valence-corrected chi connectivity index (χ3v) is 4.04. The summed E-state index contributed by atoms with van der Waals surface area (Å²) in [5, 5.41) is 10.0. The van der Waals surface area contributed by atoms with Crippen molar-refractivity contribution >= 4 is 17.3 Å². The predicted octanol–water partition coefficient (Wildman–Crippen LogP) is 2.15. The SMILES string of the molecule is Cc1ccc(N2CCN(C)CC2CCO)cc1Cl. The van der Waals surface area contributed by atoms with Gasteiger partial charge in [0, 0.05) is 43.0 Å². The van der Waals surface area contributed by atoms with Gasteiger partial charge in [-0.05, 0) is 38.1 Å². The lowest BCUT2D eigenvalue weighted by atomic mass is 10.1. The quantitative estimate of drug-likeness (QED) is 0.910. The molecule has 0 radical (unpaired) electrons. The topological polar surface area (TPSA) is 26.7 Å². The van der Waals surface area contributed by atoms with Crippen LogP contribution in [0.2, 0.25) is 5.02 Å². The first-order valence-corrected chi connectivity index (χ1v) is 6.82. The standard InChI is InChI=1S/C14H21ClN2O/c1-11-3-4-12(9-14(11)15)17-7-6-16(2)10-13(17)5-8-18/h3-4,9,13,18H,5-8,10H2,1-2H3. The summed E-state index contributed by atoms with van der Waals surface area (Å²) in [6.07, 6.45) is 0.801. The highest BCUT2D eigenvalue weighted by Gasteiger charge is 2.25. The lowest BCUT2D eigenvalue weighted by Gasteiger charge is -2.41. The maximum Gasteiger partial charge on any atom is 0.0455 e. The molecule has 1 unspecified atom stereocenters. The Balaban J connectivity index is 2.20. The maximum absolute atomic E-state index is 9.20. The van der Waals surface area contributed by atoms with E-state index in [0.29, 0.717) is 6.04 Å². The van der Waals surface area contributed by atoms with Crippen molar-refractivity contribution in [2.24, 2.45) is 0 Å². The highest BCUT2D eigenvalue weighted by atomic mass is 35.5. The Kier molecular flexibility index (Phi) is 4.49. The molecule has 1 aromatic carbocycles. The van der Waals surface area contributed by atoms with E-state index in [2.05, 4.69) is 29.0 Å². The van der Waals surface area contributed by atoms with Gasteiger partial charge < -0.3 is 14.9 Å². The largest absolute Gasteiger partial charge is 0.396 e. The van der Waals surface area contributed by atoms with E-state index in [-0.39, 0.29) is 6.61 Å². The van der Waals surface area contributed by atoms with Gasteiger partial charge in [0.25, 0.3) is 0 Å². The molecule has 0 saturated carbocycles. The minimum absolute atomic E-state index is 0.231. The molecule has 2 rings (SSSR count). The minimum Gasteiger partial charge on any atom is -0.396 e. The number of hydrogen-bond acceptors (Lipinski definition) is 3. The molecule has 1 N–H and O–H groups in total. The first kappa shape index (κ1) is 13.7. The molecular weight excluding hydrogens is 248 g/mol. The third kappa shape index (κ3) is 2.97. The average Bonchev–Trinajstić information content (AvgIpc) is 2.34. The van der Waals surface area contributed by atoms with E-state index < -0.39 is 0 Å². The zero-order chi connectivity index (χ0) is 13.1. The average molecular weight is 269 g/mol. The van der Waals surface area contributed by atoms with Gasteiger partial charge in [0.2, 0.25) is 0 Å². The molecule has 1 atom stereocenters. The molecule has 3 nitrogen and oxygen atoms in total. The molecule has 18 heavy (non-hydrogen) atoms. The fourth-order valence-electron chi connectivity index (χ4n) is 2.51. The maximum atomic E-state index is 9.20. The Bertz CT molecular complexity index is 411. The molecule has 1 saturated heterocycles.